The monoisotopic (exact) mass is 250 g/mol. The van der Waals surface area contributed by atoms with Gasteiger partial charge < -0.3 is 20.5 Å². The molecular formula is C13H18N2O3. The van der Waals surface area contributed by atoms with Crippen LogP contribution in [0.15, 0.2) is 12.1 Å². The maximum absolute atomic E-state index is 12.1. The molecule has 0 atom stereocenters. The highest BCUT2D eigenvalue weighted by atomic mass is 16.7. The van der Waals surface area contributed by atoms with Crippen LogP contribution >= 0.6 is 0 Å². The molecule has 0 bridgehead atoms. The molecule has 0 fully saturated rings. The molecule has 2 rings (SSSR count). The predicted molar refractivity (Wildman–Crippen MR) is 68.8 cm³/mol. The SMILES string of the molecule is Cc1cc2c(cc1NC(=O)C(C)(C)CN)OCO2. The van der Waals surface area contributed by atoms with Gasteiger partial charge in [-0.15, -0.1) is 0 Å². The Hall–Kier alpha value is -1.75. The number of aryl methyl sites for hydroxylation is 1. The molecule has 5 heteroatoms. The number of carbonyl (C=O) groups excluding carboxylic acids is 1. The number of rotatable bonds is 3. The lowest BCUT2D eigenvalue weighted by atomic mass is 9.92. The zero-order valence-corrected chi connectivity index (χ0v) is 10.9. The van der Waals surface area contributed by atoms with Crippen LogP contribution in [0, 0.1) is 12.3 Å². The molecule has 1 aromatic rings. The Labute approximate surface area is 106 Å². The fraction of sp³-hybridized carbons (Fsp3) is 0.462. The van der Waals surface area contributed by atoms with Gasteiger partial charge >= 0.3 is 0 Å². The van der Waals surface area contributed by atoms with Gasteiger partial charge in [0.25, 0.3) is 0 Å². The largest absolute Gasteiger partial charge is 0.454 e. The van der Waals surface area contributed by atoms with Crippen molar-refractivity contribution >= 4 is 11.6 Å². The summed E-state index contributed by atoms with van der Waals surface area (Å²) < 4.78 is 10.6. The molecule has 0 unspecified atom stereocenters. The van der Waals surface area contributed by atoms with E-state index in [0.29, 0.717) is 18.0 Å². The number of ether oxygens (including phenoxy) is 2. The van der Waals surface area contributed by atoms with Crippen LogP contribution in [0.25, 0.3) is 0 Å². The fourth-order valence-corrected chi connectivity index (χ4v) is 1.56. The average Bonchev–Trinajstić information content (AvgIpc) is 2.76. The second-order valence-electron chi connectivity index (χ2n) is 5.06. The van der Waals surface area contributed by atoms with E-state index in [1.54, 1.807) is 6.07 Å². The molecule has 1 aliphatic rings. The van der Waals surface area contributed by atoms with Crippen LogP contribution < -0.4 is 20.5 Å². The summed E-state index contributed by atoms with van der Waals surface area (Å²) in [6.45, 7) is 6.05. The normalized spacial score (nSPS) is 13.6. The number of amides is 1. The molecule has 1 amide bonds. The summed E-state index contributed by atoms with van der Waals surface area (Å²) in [5.74, 6) is 1.26. The Kier molecular flexibility index (Phi) is 3.17. The van der Waals surface area contributed by atoms with E-state index in [2.05, 4.69) is 5.32 Å². The molecule has 0 saturated heterocycles. The van der Waals surface area contributed by atoms with Gasteiger partial charge in [-0.2, -0.15) is 0 Å². The quantitative estimate of drug-likeness (QED) is 0.855. The van der Waals surface area contributed by atoms with Gasteiger partial charge in [0.05, 0.1) is 5.41 Å². The zero-order valence-electron chi connectivity index (χ0n) is 10.9. The number of nitrogens with two attached hydrogens (primary N) is 1. The Morgan fingerprint density at radius 2 is 2.00 bits per heavy atom. The number of hydrogen-bond acceptors (Lipinski definition) is 4. The van der Waals surface area contributed by atoms with Crippen LogP contribution in [-0.2, 0) is 4.79 Å². The summed E-state index contributed by atoms with van der Waals surface area (Å²) in [4.78, 5) is 12.1. The maximum Gasteiger partial charge on any atom is 0.231 e. The lowest BCUT2D eigenvalue weighted by Gasteiger charge is -2.22. The predicted octanol–water partition coefficient (Wildman–Crippen LogP) is 1.65. The second-order valence-corrected chi connectivity index (χ2v) is 5.06. The molecule has 1 aliphatic heterocycles. The van der Waals surface area contributed by atoms with E-state index in [1.807, 2.05) is 26.8 Å². The molecule has 98 valence electrons. The van der Waals surface area contributed by atoms with E-state index in [1.165, 1.54) is 0 Å². The second kappa shape index (κ2) is 4.49. The van der Waals surface area contributed by atoms with E-state index in [4.69, 9.17) is 15.2 Å². The van der Waals surface area contributed by atoms with Crippen molar-refractivity contribution in [3.05, 3.63) is 17.7 Å². The summed E-state index contributed by atoms with van der Waals surface area (Å²) >= 11 is 0. The van der Waals surface area contributed by atoms with E-state index >= 15 is 0 Å². The lowest BCUT2D eigenvalue weighted by Crippen LogP contribution is -2.37. The van der Waals surface area contributed by atoms with Crippen molar-refractivity contribution in [1.82, 2.24) is 0 Å². The topological polar surface area (TPSA) is 73.6 Å². The van der Waals surface area contributed by atoms with Crippen molar-refractivity contribution in [2.75, 3.05) is 18.7 Å². The highest BCUT2D eigenvalue weighted by molar-refractivity contribution is 5.96. The van der Waals surface area contributed by atoms with Gasteiger partial charge in [-0.05, 0) is 32.4 Å². The molecule has 1 aromatic carbocycles. The van der Waals surface area contributed by atoms with Gasteiger partial charge in [0, 0.05) is 18.3 Å². The molecule has 0 aromatic heterocycles. The maximum atomic E-state index is 12.1. The van der Waals surface area contributed by atoms with Crippen LogP contribution in [0.5, 0.6) is 11.5 Å². The summed E-state index contributed by atoms with van der Waals surface area (Å²) in [6.07, 6.45) is 0. The fourth-order valence-electron chi connectivity index (χ4n) is 1.56. The minimum Gasteiger partial charge on any atom is -0.454 e. The van der Waals surface area contributed by atoms with E-state index in [0.717, 1.165) is 11.3 Å². The van der Waals surface area contributed by atoms with Gasteiger partial charge in [0.15, 0.2) is 11.5 Å². The average molecular weight is 250 g/mol. The van der Waals surface area contributed by atoms with Gasteiger partial charge in [-0.3, -0.25) is 4.79 Å². The highest BCUT2D eigenvalue weighted by Crippen LogP contribution is 2.37. The number of fused-ring (bicyclic) bond motifs is 1. The van der Waals surface area contributed by atoms with Crippen LogP contribution in [0.2, 0.25) is 0 Å². The van der Waals surface area contributed by atoms with Crippen molar-refractivity contribution in [2.24, 2.45) is 11.1 Å². The molecule has 5 nitrogen and oxygen atoms in total. The third kappa shape index (κ3) is 2.26. The van der Waals surface area contributed by atoms with Gasteiger partial charge in [0.1, 0.15) is 0 Å². The smallest absolute Gasteiger partial charge is 0.231 e. The molecule has 0 saturated carbocycles. The third-order valence-corrected chi connectivity index (χ3v) is 3.09. The summed E-state index contributed by atoms with van der Waals surface area (Å²) in [6, 6.07) is 3.63. The molecule has 0 aliphatic carbocycles. The number of benzene rings is 1. The minimum atomic E-state index is -0.594. The van der Waals surface area contributed by atoms with Gasteiger partial charge in [-0.1, -0.05) is 0 Å². The summed E-state index contributed by atoms with van der Waals surface area (Å²) in [5.41, 5.74) is 6.65. The van der Waals surface area contributed by atoms with Crippen LogP contribution in [0.4, 0.5) is 5.69 Å². The van der Waals surface area contributed by atoms with E-state index in [-0.39, 0.29) is 12.7 Å². The zero-order chi connectivity index (χ0) is 13.3. The molecule has 3 N–H and O–H groups in total. The highest BCUT2D eigenvalue weighted by Gasteiger charge is 2.27. The first-order valence-electron chi connectivity index (χ1n) is 5.86. The number of anilines is 1. The summed E-state index contributed by atoms with van der Waals surface area (Å²) in [7, 11) is 0. The number of hydrogen-bond donors (Lipinski definition) is 2. The Balaban J connectivity index is 2.22. The lowest BCUT2D eigenvalue weighted by molar-refractivity contribution is -0.123. The van der Waals surface area contributed by atoms with Crippen molar-refractivity contribution in [1.29, 1.82) is 0 Å². The molecule has 1 heterocycles. The van der Waals surface area contributed by atoms with Crippen molar-refractivity contribution in [2.45, 2.75) is 20.8 Å². The molecular weight excluding hydrogens is 232 g/mol. The number of carbonyl (C=O) groups is 1. The van der Waals surface area contributed by atoms with Crippen molar-refractivity contribution in [3.8, 4) is 11.5 Å². The Bertz CT molecular complexity index is 483. The van der Waals surface area contributed by atoms with E-state index in [9.17, 15) is 4.79 Å². The molecule has 18 heavy (non-hydrogen) atoms. The minimum absolute atomic E-state index is 0.105. The van der Waals surface area contributed by atoms with Crippen LogP contribution in [0.3, 0.4) is 0 Å². The standard InChI is InChI=1S/C13H18N2O3/c1-8-4-10-11(18-7-17-10)5-9(8)15-12(16)13(2,3)6-14/h4-5H,6-7,14H2,1-3H3,(H,15,16). The first kappa shape index (κ1) is 12.7. The molecule has 0 spiro atoms. The van der Waals surface area contributed by atoms with Crippen molar-refractivity contribution < 1.29 is 14.3 Å². The Morgan fingerprint density at radius 3 is 2.61 bits per heavy atom. The summed E-state index contributed by atoms with van der Waals surface area (Å²) in [5, 5.41) is 2.88. The van der Waals surface area contributed by atoms with Gasteiger partial charge in [0.2, 0.25) is 12.7 Å². The van der Waals surface area contributed by atoms with Crippen molar-refractivity contribution in [3.63, 3.8) is 0 Å². The van der Waals surface area contributed by atoms with Crippen LogP contribution in [-0.4, -0.2) is 19.2 Å². The Morgan fingerprint density at radius 1 is 1.39 bits per heavy atom. The van der Waals surface area contributed by atoms with E-state index < -0.39 is 5.41 Å². The van der Waals surface area contributed by atoms with Crippen LogP contribution in [0.1, 0.15) is 19.4 Å². The first-order valence-corrected chi connectivity index (χ1v) is 5.86. The third-order valence-electron chi connectivity index (χ3n) is 3.09. The molecule has 0 radical (unpaired) electrons. The van der Waals surface area contributed by atoms with Gasteiger partial charge in [-0.25, -0.2) is 0 Å². The number of nitrogens with one attached hydrogen (secondary N) is 1. The first-order chi connectivity index (χ1) is 8.44.